The smallest absolute Gasteiger partial charge is 0.253 e. The predicted octanol–water partition coefficient (Wildman–Crippen LogP) is 3.63. The maximum atomic E-state index is 11.9. The summed E-state index contributed by atoms with van der Waals surface area (Å²) in [6.45, 7) is 3.80. The van der Waals surface area contributed by atoms with Gasteiger partial charge in [0.2, 0.25) is 5.91 Å². The second kappa shape index (κ2) is 7.49. The lowest BCUT2D eigenvalue weighted by atomic mass is 10.1. The molecule has 0 fully saturated rings. The maximum absolute atomic E-state index is 11.9. The Morgan fingerprint density at radius 1 is 1.26 bits per heavy atom. The molecule has 23 heavy (non-hydrogen) atoms. The molecule has 0 unspecified atom stereocenters. The molecule has 1 aromatic heterocycles. The summed E-state index contributed by atoms with van der Waals surface area (Å²) >= 11 is 12.1. The topological polar surface area (TPSA) is 62.0 Å². The van der Waals surface area contributed by atoms with E-state index in [1.54, 1.807) is 24.3 Å². The van der Waals surface area contributed by atoms with Crippen molar-refractivity contribution >= 4 is 35.2 Å². The number of amides is 1. The number of nitrogens with one attached hydrogen (secondary N) is 2. The Labute approximate surface area is 144 Å². The van der Waals surface area contributed by atoms with Crippen molar-refractivity contribution in [3.8, 4) is 0 Å². The quantitative estimate of drug-likeness (QED) is 0.827. The third-order valence-electron chi connectivity index (χ3n) is 3.33. The van der Waals surface area contributed by atoms with E-state index in [0.717, 1.165) is 11.3 Å². The Kier molecular flexibility index (Phi) is 5.64. The molecule has 1 aromatic carbocycles. The maximum Gasteiger partial charge on any atom is 0.253 e. The summed E-state index contributed by atoms with van der Waals surface area (Å²) < 4.78 is 0. The lowest BCUT2D eigenvalue weighted by Crippen LogP contribution is -2.26. The van der Waals surface area contributed by atoms with E-state index in [1.807, 2.05) is 19.9 Å². The SMILES string of the molecule is Cc1cc(C)c(CNC(=O)/C=C/c2c(Cl)cccc2Cl)c(=O)[nH]1. The molecule has 0 aliphatic rings. The van der Waals surface area contributed by atoms with Gasteiger partial charge in [-0.25, -0.2) is 0 Å². The summed E-state index contributed by atoms with van der Waals surface area (Å²) in [5, 5.41) is 3.61. The summed E-state index contributed by atoms with van der Waals surface area (Å²) in [4.78, 5) is 26.5. The Hall–Kier alpha value is -2.04. The van der Waals surface area contributed by atoms with E-state index < -0.39 is 0 Å². The Balaban J connectivity index is 2.07. The van der Waals surface area contributed by atoms with Gasteiger partial charge in [-0.15, -0.1) is 0 Å². The molecule has 0 saturated heterocycles. The van der Waals surface area contributed by atoms with E-state index in [0.29, 0.717) is 21.2 Å². The number of halogens is 2. The third-order valence-corrected chi connectivity index (χ3v) is 3.99. The zero-order valence-corrected chi connectivity index (χ0v) is 14.3. The third kappa shape index (κ3) is 4.47. The highest BCUT2D eigenvalue weighted by Gasteiger charge is 2.07. The van der Waals surface area contributed by atoms with Crippen LogP contribution in [0.5, 0.6) is 0 Å². The molecule has 0 bridgehead atoms. The Bertz CT molecular complexity index is 806. The Morgan fingerprint density at radius 3 is 2.52 bits per heavy atom. The van der Waals surface area contributed by atoms with Crippen molar-refractivity contribution in [2.24, 2.45) is 0 Å². The van der Waals surface area contributed by atoms with E-state index in [2.05, 4.69) is 10.3 Å². The minimum absolute atomic E-state index is 0.154. The molecule has 0 atom stereocenters. The number of carbonyl (C=O) groups excluding carboxylic acids is 1. The van der Waals surface area contributed by atoms with Gasteiger partial charge in [0, 0.05) is 39.5 Å². The first-order chi connectivity index (χ1) is 10.9. The number of pyridine rings is 1. The van der Waals surface area contributed by atoms with Crippen molar-refractivity contribution in [2.45, 2.75) is 20.4 Å². The largest absolute Gasteiger partial charge is 0.348 e. The highest BCUT2D eigenvalue weighted by Crippen LogP contribution is 2.25. The second-order valence-corrected chi connectivity index (χ2v) is 5.94. The number of aromatic amines is 1. The van der Waals surface area contributed by atoms with Crippen molar-refractivity contribution < 1.29 is 4.79 Å². The average Bonchev–Trinajstić information content (AvgIpc) is 2.45. The summed E-state index contributed by atoms with van der Waals surface area (Å²) in [6, 6.07) is 6.98. The molecule has 1 amide bonds. The van der Waals surface area contributed by atoms with Crippen molar-refractivity contribution in [1.29, 1.82) is 0 Å². The molecule has 1 heterocycles. The van der Waals surface area contributed by atoms with Gasteiger partial charge in [0.25, 0.3) is 5.56 Å². The van der Waals surface area contributed by atoms with E-state index in [9.17, 15) is 9.59 Å². The van der Waals surface area contributed by atoms with Crippen LogP contribution < -0.4 is 10.9 Å². The summed E-state index contributed by atoms with van der Waals surface area (Å²) in [5.41, 5.74) is 2.55. The molecule has 120 valence electrons. The van der Waals surface area contributed by atoms with Crippen LogP contribution in [0, 0.1) is 13.8 Å². The minimum Gasteiger partial charge on any atom is -0.348 e. The fourth-order valence-corrected chi connectivity index (χ4v) is 2.69. The molecule has 2 rings (SSSR count). The van der Waals surface area contributed by atoms with Crippen molar-refractivity contribution in [3.05, 3.63) is 73.1 Å². The molecule has 0 aliphatic carbocycles. The number of rotatable bonds is 4. The zero-order valence-electron chi connectivity index (χ0n) is 12.7. The lowest BCUT2D eigenvalue weighted by Gasteiger charge is -2.06. The highest BCUT2D eigenvalue weighted by atomic mass is 35.5. The molecule has 2 aromatic rings. The standard InChI is InChI=1S/C17H16Cl2N2O2/c1-10-8-11(2)21-17(23)13(10)9-20-16(22)7-6-12-14(18)4-3-5-15(12)19/h3-8H,9H2,1-2H3,(H,20,22)(H,21,23)/b7-6+. The van der Waals surface area contributed by atoms with Crippen LogP contribution in [0.1, 0.15) is 22.4 Å². The number of benzene rings is 1. The molecule has 0 aliphatic heterocycles. The fourth-order valence-electron chi connectivity index (χ4n) is 2.16. The number of H-pyrrole nitrogens is 1. The fraction of sp³-hybridized carbons (Fsp3) is 0.176. The average molecular weight is 351 g/mol. The number of aromatic nitrogens is 1. The molecule has 0 radical (unpaired) electrons. The predicted molar refractivity (Wildman–Crippen MR) is 93.9 cm³/mol. The molecule has 6 heteroatoms. The molecular formula is C17H16Cl2N2O2. The van der Waals surface area contributed by atoms with Gasteiger partial charge < -0.3 is 10.3 Å². The van der Waals surface area contributed by atoms with Crippen LogP contribution in [0.25, 0.3) is 6.08 Å². The van der Waals surface area contributed by atoms with Crippen LogP contribution in [-0.4, -0.2) is 10.9 Å². The Morgan fingerprint density at radius 2 is 1.91 bits per heavy atom. The van der Waals surface area contributed by atoms with Crippen molar-refractivity contribution in [3.63, 3.8) is 0 Å². The summed E-state index contributed by atoms with van der Waals surface area (Å²) in [7, 11) is 0. The van der Waals surface area contributed by atoms with Crippen molar-refractivity contribution in [1.82, 2.24) is 10.3 Å². The minimum atomic E-state index is -0.333. The molecular weight excluding hydrogens is 335 g/mol. The van der Waals surface area contributed by atoms with Gasteiger partial charge in [-0.2, -0.15) is 0 Å². The molecule has 4 nitrogen and oxygen atoms in total. The van der Waals surface area contributed by atoms with Crippen LogP contribution >= 0.6 is 23.2 Å². The van der Waals surface area contributed by atoms with Crippen LogP contribution in [-0.2, 0) is 11.3 Å². The number of aryl methyl sites for hydroxylation is 2. The van der Waals surface area contributed by atoms with Crippen LogP contribution in [0.15, 0.2) is 35.1 Å². The first-order valence-electron chi connectivity index (χ1n) is 6.98. The normalized spacial score (nSPS) is 11.0. The van der Waals surface area contributed by atoms with Crippen LogP contribution in [0.4, 0.5) is 0 Å². The number of hydrogen-bond donors (Lipinski definition) is 2. The van der Waals surface area contributed by atoms with Gasteiger partial charge in [0.1, 0.15) is 0 Å². The molecule has 0 saturated carbocycles. The summed E-state index contributed by atoms with van der Waals surface area (Å²) in [6.07, 6.45) is 2.89. The monoisotopic (exact) mass is 350 g/mol. The zero-order chi connectivity index (χ0) is 17.0. The van der Waals surface area contributed by atoms with E-state index in [4.69, 9.17) is 23.2 Å². The van der Waals surface area contributed by atoms with Crippen LogP contribution in [0.2, 0.25) is 10.0 Å². The van der Waals surface area contributed by atoms with Gasteiger partial charge >= 0.3 is 0 Å². The highest BCUT2D eigenvalue weighted by molar-refractivity contribution is 6.37. The molecule has 2 N–H and O–H groups in total. The van der Waals surface area contributed by atoms with Gasteiger partial charge in [-0.3, -0.25) is 9.59 Å². The van der Waals surface area contributed by atoms with E-state index in [1.165, 1.54) is 6.08 Å². The number of carbonyl (C=O) groups is 1. The van der Waals surface area contributed by atoms with E-state index >= 15 is 0 Å². The second-order valence-electron chi connectivity index (χ2n) is 5.13. The van der Waals surface area contributed by atoms with Crippen LogP contribution in [0.3, 0.4) is 0 Å². The number of hydrogen-bond acceptors (Lipinski definition) is 2. The van der Waals surface area contributed by atoms with Gasteiger partial charge in [0.05, 0.1) is 0 Å². The van der Waals surface area contributed by atoms with Gasteiger partial charge in [0.15, 0.2) is 0 Å². The summed E-state index contributed by atoms with van der Waals surface area (Å²) in [5.74, 6) is -0.333. The lowest BCUT2D eigenvalue weighted by molar-refractivity contribution is -0.116. The van der Waals surface area contributed by atoms with Gasteiger partial charge in [-0.05, 0) is 43.7 Å². The first-order valence-corrected chi connectivity index (χ1v) is 7.73. The van der Waals surface area contributed by atoms with E-state index in [-0.39, 0.29) is 18.0 Å². The van der Waals surface area contributed by atoms with Gasteiger partial charge in [-0.1, -0.05) is 29.3 Å². The van der Waals surface area contributed by atoms with Crippen molar-refractivity contribution in [2.75, 3.05) is 0 Å². The first kappa shape index (κ1) is 17.3. The molecule has 0 spiro atoms.